The molecule has 2 rings (SSSR count). The molecule has 0 spiro atoms. The van der Waals surface area contributed by atoms with E-state index < -0.39 is 18.5 Å². The van der Waals surface area contributed by atoms with Crippen molar-refractivity contribution in [1.82, 2.24) is 0 Å². The highest BCUT2D eigenvalue weighted by Gasteiger charge is 2.14. The standard InChI is InChI=1S/C19H17Cl2NO4/c1-12-7-8-14(20)19(18(12)21)22-16(24)11-26-17(25)10-9-15(23)13-5-3-2-4-6-13/h2-8H,9-11H2,1H3,(H,22,24). The predicted octanol–water partition coefficient (Wildman–Crippen LogP) is 4.45. The first-order valence-electron chi connectivity index (χ1n) is 7.87. The van der Waals surface area contributed by atoms with Crippen molar-refractivity contribution in [2.75, 3.05) is 11.9 Å². The summed E-state index contributed by atoms with van der Waals surface area (Å²) in [5.74, 6) is -1.36. The number of benzene rings is 2. The molecule has 0 aromatic heterocycles. The van der Waals surface area contributed by atoms with Crippen LogP contribution in [0.4, 0.5) is 5.69 Å². The molecular weight excluding hydrogens is 377 g/mol. The Labute approximate surface area is 161 Å². The number of carbonyl (C=O) groups is 3. The maximum Gasteiger partial charge on any atom is 0.306 e. The summed E-state index contributed by atoms with van der Waals surface area (Å²) in [7, 11) is 0. The number of ether oxygens (including phenoxy) is 1. The minimum absolute atomic E-state index is 0.0139. The van der Waals surface area contributed by atoms with E-state index in [0.29, 0.717) is 10.6 Å². The normalized spacial score (nSPS) is 10.3. The summed E-state index contributed by atoms with van der Waals surface area (Å²) >= 11 is 12.1. The van der Waals surface area contributed by atoms with Crippen LogP contribution in [0, 0.1) is 6.92 Å². The van der Waals surface area contributed by atoms with Gasteiger partial charge in [-0.05, 0) is 18.6 Å². The largest absolute Gasteiger partial charge is 0.456 e. The zero-order valence-corrected chi connectivity index (χ0v) is 15.6. The van der Waals surface area contributed by atoms with Crippen LogP contribution in [0.2, 0.25) is 10.0 Å². The number of carbonyl (C=O) groups excluding carboxylic acids is 3. The van der Waals surface area contributed by atoms with Gasteiger partial charge in [-0.3, -0.25) is 14.4 Å². The molecule has 0 radical (unpaired) electrons. The fourth-order valence-electron chi connectivity index (χ4n) is 2.15. The van der Waals surface area contributed by atoms with Gasteiger partial charge >= 0.3 is 5.97 Å². The van der Waals surface area contributed by atoms with Gasteiger partial charge in [0.1, 0.15) is 0 Å². The number of hydrogen-bond donors (Lipinski definition) is 1. The molecule has 0 bridgehead atoms. The average Bonchev–Trinajstić information content (AvgIpc) is 2.65. The van der Waals surface area contributed by atoms with E-state index >= 15 is 0 Å². The van der Waals surface area contributed by atoms with Crippen LogP contribution in [0.3, 0.4) is 0 Å². The number of amides is 1. The molecule has 0 fully saturated rings. The SMILES string of the molecule is Cc1ccc(Cl)c(NC(=O)COC(=O)CCC(=O)c2ccccc2)c1Cl. The molecule has 0 aliphatic carbocycles. The summed E-state index contributed by atoms with van der Waals surface area (Å²) in [4.78, 5) is 35.6. The predicted molar refractivity (Wildman–Crippen MR) is 101 cm³/mol. The Balaban J connectivity index is 1.80. The molecule has 0 aliphatic rings. The Bertz CT molecular complexity index is 822. The van der Waals surface area contributed by atoms with Crippen LogP contribution >= 0.6 is 23.2 Å². The summed E-state index contributed by atoms with van der Waals surface area (Å²) in [6, 6.07) is 12.0. The first-order chi connectivity index (χ1) is 12.4. The molecule has 1 amide bonds. The molecule has 5 nitrogen and oxygen atoms in total. The molecule has 26 heavy (non-hydrogen) atoms. The second-order valence-electron chi connectivity index (χ2n) is 5.55. The van der Waals surface area contributed by atoms with E-state index in [2.05, 4.69) is 5.32 Å². The van der Waals surface area contributed by atoms with Crippen molar-refractivity contribution in [3.05, 3.63) is 63.6 Å². The average molecular weight is 394 g/mol. The Morgan fingerprint density at radius 3 is 2.38 bits per heavy atom. The Morgan fingerprint density at radius 2 is 1.69 bits per heavy atom. The fraction of sp³-hybridized carbons (Fsp3) is 0.211. The van der Waals surface area contributed by atoms with Gasteiger partial charge in [0.2, 0.25) is 0 Å². The first-order valence-corrected chi connectivity index (χ1v) is 8.62. The lowest BCUT2D eigenvalue weighted by Crippen LogP contribution is -2.21. The lowest BCUT2D eigenvalue weighted by Gasteiger charge is -2.11. The van der Waals surface area contributed by atoms with Crippen molar-refractivity contribution in [1.29, 1.82) is 0 Å². The molecule has 1 N–H and O–H groups in total. The van der Waals surface area contributed by atoms with E-state index in [-0.39, 0.29) is 29.3 Å². The van der Waals surface area contributed by atoms with E-state index in [1.807, 2.05) is 0 Å². The highest BCUT2D eigenvalue weighted by molar-refractivity contribution is 6.40. The molecule has 7 heteroatoms. The van der Waals surface area contributed by atoms with Gasteiger partial charge in [0.25, 0.3) is 5.91 Å². The molecule has 0 saturated carbocycles. The summed E-state index contributed by atoms with van der Waals surface area (Å²) in [6.07, 6.45) is -0.0903. The quantitative estimate of drug-likeness (QED) is 0.557. The van der Waals surface area contributed by atoms with Crippen LogP contribution in [-0.2, 0) is 14.3 Å². The summed E-state index contributed by atoms with van der Waals surface area (Å²) < 4.78 is 4.88. The fourth-order valence-corrected chi connectivity index (χ4v) is 2.61. The number of rotatable bonds is 7. The van der Waals surface area contributed by atoms with Gasteiger partial charge < -0.3 is 10.1 Å². The van der Waals surface area contributed by atoms with Gasteiger partial charge in [-0.2, -0.15) is 0 Å². The molecule has 0 aliphatic heterocycles. The lowest BCUT2D eigenvalue weighted by atomic mass is 10.1. The van der Waals surface area contributed by atoms with E-state index in [9.17, 15) is 14.4 Å². The third kappa shape index (κ3) is 5.58. The molecular formula is C19H17Cl2NO4. The van der Waals surface area contributed by atoms with Crippen molar-refractivity contribution < 1.29 is 19.1 Å². The van der Waals surface area contributed by atoms with Gasteiger partial charge in [0.05, 0.1) is 22.2 Å². The van der Waals surface area contributed by atoms with Gasteiger partial charge in [-0.1, -0.05) is 59.6 Å². The van der Waals surface area contributed by atoms with E-state index in [1.54, 1.807) is 49.4 Å². The highest BCUT2D eigenvalue weighted by Crippen LogP contribution is 2.32. The van der Waals surface area contributed by atoms with Crippen molar-refractivity contribution in [2.24, 2.45) is 0 Å². The van der Waals surface area contributed by atoms with Crippen LogP contribution in [0.15, 0.2) is 42.5 Å². The zero-order valence-electron chi connectivity index (χ0n) is 14.1. The van der Waals surface area contributed by atoms with Crippen LogP contribution < -0.4 is 5.32 Å². The molecule has 136 valence electrons. The molecule has 0 atom stereocenters. The zero-order chi connectivity index (χ0) is 19.1. The van der Waals surface area contributed by atoms with Crippen LogP contribution in [0.1, 0.15) is 28.8 Å². The topological polar surface area (TPSA) is 72.5 Å². The number of esters is 1. The van der Waals surface area contributed by atoms with Gasteiger partial charge in [-0.15, -0.1) is 0 Å². The van der Waals surface area contributed by atoms with E-state index in [0.717, 1.165) is 5.56 Å². The van der Waals surface area contributed by atoms with Crippen molar-refractivity contribution in [2.45, 2.75) is 19.8 Å². The monoisotopic (exact) mass is 393 g/mol. The Hall–Kier alpha value is -2.37. The van der Waals surface area contributed by atoms with Crippen LogP contribution in [-0.4, -0.2) is 24.3 Å². The van der Waals surface area contributed by atoms with Gasteiger partial charge in [-0.25, -0.2) is 0 Å². The maximum absolute atomic E-state index is 11.9. The third-order valence-corrected chi connectivity index (χ3v) is 4.37. The minimum Gasteiger partial charge on any atom is -0.456 e. The first kappa shape index (κ1) is 19.9. The Morgan fingerprint density at radius 1 is 1.00 bits per heavy atom. The summed E-state index contributed by atoms with van der Waals surface area (Å²) in [5, 5.41) is 3.13. The number of aryl methyl sites for hydroxylation is 1. The van der Waals surface area contributed by atoms with Crippen molar-refractivity contribution in [3.8, 4) is 0 Å². The molecule has 0 heterocycles. The van der Waals surface area contributed by atoms with Gasteiger partial charge in [0.15, 0.2) is 12.4 Å². The van der Waals surface area contributed by atoms with E-state index in [1.165, 1.54) is 0 Å². The van der Waals surface area contributed by atoms with Crippen molar-refractivity contribution in [3.63, 3.8) is 0 Å². The van der Waals surface area contributed by atoms with Crippen LogP contribution in [0.25, 0.3) is 0 Å². The third-order valence-electron chi connectivity index (χ3n) is 3.56. The van der Waals surface area contributed by atoms with Crippen LogP contribution in [0.5, 0.6) is 0 Å². The lowest BCUT2D eigenvalue weighted by molar-refractivity contribution is -0.147. The number of Topliss-reactive ketones (excluding diaryl/α,β-unsaturated/α-hetero) is 1. The van der Waals surface area contributed by atoms with E-state index in [4.69, 9.17) is 27.9 Å². The maximum atomic E-state index is 11.9. The summed E-state index contributed by atoms with van der Waals surface area (Å²) in [6.45, 7) is 1.29. The minimum atomic E-state index is -0.633. The number of nitrogens with one attached hydrogen (secondary N) is 1. The molecule has 2 aromatic rings. The Kier molecular flexibility index (Phi) is 7.18. The number of halogens is 2. The smallest absolute Gasteiger partial charge is 0.306 e. The molecule has 2 aromatic carbocycles. The second kappa shape index (κ2) is 9.36. The van der Waals surface area contributed by atoms with Crippen molar-refractivity contribution >= 4 is 46.5 Å². The highest BCUT2D eigenvalue weighted by atomic mass is 35.5. The number of ketones is 1. The number of anilines is 1. The summed E-state index contributed by atoms with van der Waals surface area (Å²) in [5.41, 5.74) is 1.55. The molecule has 0 saturated heterocycles. The van der Waals surface area contributed by atoms with Gasteiger partial charge in [0, 0.05) is 12.0 Å². The number of hydrogen-bond acceptors (Lipinski definition) is 4. The second-order valence-corrected chi connectivity index (χ2v) is 6.34. The molecule has 0 unspecified atom stereocenters.